The Bertz CT molecular complexity index is 370. The van der Waals surface area contributed by atoms with Gasteiger partial charge >= 0.3 is 0 Å². The maximum Gasteiger partial charge on any atom is 0.0222 e. The number of benzene rings is 1. The second-order valence-corrected chi connectivity index (χ2v) is 5.94. The van der Waals surface area contributed by atoms with E-state index in [1.807, 2.05) is 0 Å². The maximum atomic E-state index is 5.91. The minimum absolute atomic E-state index is 0.430. The molecule has 0 amide bonds. The van der Waals surface area contributed by atoms with Crippen LogP contribution >= 0.6 is 15.9 Å². The van der Waals surface area contributed by atoms with Crippen molar-refractivity contribution in [1.82, 2.24) is 5.32 Å². The van der Waals surface area contributed by atoms with Crippen molar-refractivity contribution in [1.29, 1.82) is 0 Å². The topological polar surface area (TPSA) is 38.0 Å². The highest BCUT2D eigenvalue weighted by Gasteiger charge is 2.17. The molecule has 1 fully saturated rings. The molecule has 0 heterocycles. The van der Waals surface area contributed by atoms with Crippen molar-refractivity contribution in [2.45, 2.75) is 51.2 Å². The molecule has 0 aromatic heterocycles. The molecule has 2 nitrogen and oxygen atoms in total. The summed E-state index contributed by atoms with van der Waals surface area (Å²) in [5, 5.41) is 3.63. The summed E-state index contributed by atoms with van der Waals surface area (Å²) in [6, 6.07) is 7.61. The van der Waals surface area contributed by atoms with Crippen LogP contribution < -0.4 is 11.1 Å². The van der Waals surface area contributed by atoms with Gasteiger partial charge in [-0.2, -0.15) is 0 Å². The third kappa shape index (κ3) is 3.80. The molecule has 2 rings (SSSR count). The van der Waals surface area contributed by atoms with E-state index in [0.717, 1.165) is 19.4 Å². The normalized spacial score (nSPS) is 24.9. The maximum absolute atomic E-state index is 5.91. The predicted molar refractivity (Wildman–Crippen MR) is 76.0 cm³/mol. The quantitative estimate of drug-likeness (QED) is 0.899. The number of halogens is 1. The van der Waals surface area contributed by atoms with E-state index in [2.05, 4.69) is 46.4 Å². The number of hydrogen-bond donors (Lipinski definition) is 2. The molecular formula is C14H21BrN2. The zero-order valence-electron chi connectivity index (χ0n) is 10.4. The van der Waals surface area contributed by atoms with Crippen molar-refractivity contribution in [3.63, 3.8) is 0 Å². The van der Waals surface area contributed by atoms with Gasteiger partial charge in [0.05, 0.1) is 0 Å². The van der Waals surface area contributed by atoms with E-state index in [-0.39, 0.29) is 0 Å². The SMILES string of the molecule is Cc1ccc(CNC2CCC(N)CC2)c(Br)c1. The third-order valence-corrected chi connectivity index (χ3v) is 4.30. The Balaban J connectivity index is 1.85. The van der Waals surface area contributed by atoms with Gasteiger partial charge in [-0.15, -0.1) is 0 Å². The van der Waals surface area contributed by atoms with Crippen LogP contribution in [0, 0.1) is 6.92 Å². The van der Waals surface area contributed by atoms with Crippen LogP contribution in [-0.4, -0.2) is 12.1 Å². The van der Waals surface area contributed by atoms with Crippen LogP contribution in [0.2, 0.25) is 0 Å². The summed E-state index contributed by atoms with van der Waals surface area (Å²) >= 11 is 3.62. The van der Waals surface area contributed by atoms with Crippen LogP contribution in [0.25, 0.3) is 0 Å². The fourth-order valence-electron chi connectivity index (χ4n) is 2.37. The Morgan fingerprint density at radius 2 is 2.00 bits per heavy atom. The van der Waals surface area contributed by atoms with Crippen molar-refractivity contribution < 1.29 is 0 Å². The molecule has 1 saturated carbocycles. The highest BCUT2D eigenvalue weighted by atomic mass is 79.9. The summed E-state index contributed by atoms with van der Waals surface area (Å²) in [7, 11) is 0. The first-order valence-corrected chi connectivity index (χ1v) is 7.18. The molecule has 0 spiro atoms. The lowest BCUT2D eigenvalue weighted by Gasteiger charge is -2.27. The summed E-state index contributed by atoms with van der Waals surface area (Å²) in [5.41, 5.74) is 8.54. The van der Waals surface area contributed by atoms with Crippen LogP contribution in [0.3, 0.4) is 0 Å². The van der Waals surface area contributed by atoms with Gasteiger partial charge < -0.3 is 11.1 Å². The first kappa shape index (κ1) is 13.1. The van der Waals surface area contributed by atoms with Gasteiger partial charge in [-0.3, -0.25) is 0 Å². The van der Waals surface area contributed by atoms with Crippen LogP contribution in [-0.2, 0) is 6.54 Å². The first-order chi connectivity index (χ1) is 8.15. The molecule has 0 saturated heterocycles. The molecule has 0 unspecified atom stereocenters. The Labute approximate surface area is 112 Å². The molecule has 94 valence electrons. The average Bonchev–Trinajstić information content (AvgIpc) is 2.30. The lowest BCUT2D eigenvalue weighted by atomic mass is 9.92. The Hall–Kier alpha value is -0.380. The number of hydrogen-bond acceptors (Lipinski definition) is 2. The van der Waals surface area contributed by atoms with Gasteiger partial charge in [-0.05, 0) is 49.8 Å². The molecule has 0 aliphatic heterocycles. The summed E-state index contributed by atoms with van der Waals surface area (Å²) < 4.78 is 1.21. The Morgan fingerprint density at radius 1 is 1.29 bits per heavy atom. The summed E-state index contributed by atoms with van der Waals surface area (Å²) in [4.78, 5) is 0. The minimum Gasteiger partial charge on any atom is -0.328 e. The second kappa shape index (κ2) is 5.98. The standard InChI is InChI=1S/C14H21BrN2/c1-10-2-3-11(14(15)8-10)9-17-13-6-4-12(16)5-7-13/h2-3,8,12-13,17H,4-7,9,16H2,1H3. The molecule has 1 aliphatic rings. The van der Waals surface area contributed by atoms with Gasteiger partial charge in [0.2, 0.25) is 0 Å². The molecule has 1 aromatic rings. The number of rotatable bonds is 3. The van der Waals surface area contributed by atoms with E-state index < -0.39 is 0 Å². The van der Waals surface area contributed by atoms with Crippen molar-refractivity contribution >= 4 is 15.9 Å². The summed E-state index contributed by atoms with van der Waals surface area (Å²) in [6.07, 6.45) is 4.74. The molecule has 1 aromatic carbocycles. The molecular weight excluding hydrogens is 276 g/mol. The van der Waals surface area contributed by atoms with E-state index in [1.54, 1.807) is 0 Å². The molecule has 3 heteroatoms. The van der Waals surface area contributed by atoms with Gasteiger partial charge in [-0.25, -0.2) is 0 Å². The van der Waals surface area contributed by atoms with Gasteiger partial charge in [0, 0.05) is 23.1 Å². The summed E-state index contributed by atoms with van der Waals surface area (Å²) in [5.74, 6) is 0. The smallest absolute Gasteiger partial charge is 0.0222 e. The lowest BCUT2D eigenvalue weighted by molar-refractivity contribution is 0.341. The van der Waals surface area contributed by atoms with Gasteiger partial charge in [0.15, 0.2) is 0 Å². The molecule has 0 radical (unpaired) electrons. The van der Waals surface area contributed by atoms with E-state index in [9.17, 15) is 0 Å². The monoisotopic (exact) mass is 296 g/mol. The van der Waals surface area contributed by atoms with Crippen LogP contribution in [0.5, 0.6) is 0 Å². The largest absolute Gasteiger partial charge is 0.328 e. The van der Waals surface area contributed by atoms with Crippen molar-refractivity contribution in [3.05, 3.63) is 33.8 Å². The van der Waals surface area contributed by atoms with Crippen LogP contribution in [0.15, 0.2) is 22.7 Å². The predicted octanol–water partition coefficient (Wildman–Crippen LogP) is 3.12. The summed E-state index contributed by atoms with van der Waals surface area (Å²) in [6.45, 7) is 3.06. The van der Waals surface area contributed by atoms with E-state index in [0.29, 0.717) is 12.1 Å². The van der Waals surface area contributed by atoms with Crippen molar-refractivity contribution in [2.24, 2.45) is 5.73 Å². The minimum atomic E-state index is 0.430. The zero-order chi connectivity index (χ0) is 12.3. The van der Waals surface area contributed by atoms with Gasteiger partial charge in [-0.1, -0.05) is 28.1 Å². The molecule has 3 N–H and O–H groups in total. The highest BCUT2D eigenvalue weighted by Crippen LogP contribution is 2.20. The number of nitrogens with one attached hydrogen (secondary N) is 1. The fourth-order valence-corrected chi connectivity index (χ4v) is 3.01. The fraction of sp³-hybridized carbons (Fsp3) is 0.571. The number of nitrogens with two attached hydrogens (primary N) is 1. The van der Waals surface area contributed by atoms with E-state index in [1.165, 1.54) is 28.4 Å². The Kier molecular flexibility index (Phi) is 4.60. The van der Waals surface area contributed by atoms with E-state index >= 15 is 0 Å². The molecule has 1 aliphatic carbocycles. The molecule has 0 atom stereocenters. The zero-order valence-corrected chi connectivity index (χ0v) is 12.0. The Morgan fingerprint density at radius 3 is 2.65 bits per heavy atom. The van der Waals surface area contributed by atoms with Crippen LogP contribution in [0.4, 0.5) is 0 Å². The highest BCUT2D eigenvalue weighted by molar-refractivity contribution is 9.10. The number of aryl methyl sites for hydroxylation is 1. The van der Waals surface area contributed by atoms with Crippen molar-refractivity contribution in [2.75, 3.05) is 0 Å². The molecule has 17 heavy (non-hydrogen) atoms. The van der Waals surface area contributed by atoms with E-state index in [4.69, 9.17) is 5.73 Å². The first-order valence-electron chi connectivity index (χ1n) is 6.39. The third-order valence-electron chi connectivity index (χ3n) is 3.56. The van der Waals surface area contributed by atoms with Gasteiger partial charge in [0.25, 0.3) is 0 Å². The average molecular weight is 297 g/mol. The lowest BCUT2D eigenvalue weighted by Crippen LogP contribution is -2.37. The van der Waals surface area contributed by atoms with Crippen LogP contribution in [0.1, 0.15) is 36.8 Å². The second-order valence-electron chi connectivity index (χ2n) is 5.09. The van der Waals surface area contributed by atoms with Gasteiger partial charge in [0.1, 0.15) is 0 Å². The molecule has 0 bridgehead atoms. The van der Waals surface area contributed by atoms with Crippen molar-refractivity contribution in [3.8, 4) is 0 Å².